The molecule has 4 aliphatic rings. The van der Waals surface area contributed by atoms with E-state index in [0.717, 1.165) is 47.6 Å². The third-order valence-corrected chi connectivity index (χ3v) is 5.95. The monoisotopic (exact) mass is 331 g/mol. The number of amides is 1. The maximum absolute atomic E-state index is 12.5. The van der Waals surface area contributed by atoms with Crippen molar-refractivity contribution in [3.63, 3.8) is 0 Å². The molecule has 7 heteroatoms. The topological polar surface area (TPSA) is 94.2 Å². The van der Waals surface area contributed by atoms with Crippen molar-refractivity contribution in [1.82, 2.24) is 9.88 Å². The molecule has 1 heterocycles. The van der Waals surface area contributed by atoms with Crippen molar-refractivity contribution in [2.45, 2.75) is 50.6 Å². The van der Waals surface area contributed by atoms with Gasteiger partial charge in [-0.05, 0) is 62.3 Å². The van der Waals surface area contributed by atoms with Crippen LogP contribution < -0.4 is 10.9 Å². The fourth-order valence-corrected chi connectivity index (χ4v) is 5.54. The lowest BCUT2D eigenvalue weighted by Crippen LogP contribution is -2.60. The van der Waals surface area contributed by atoms with E-state index in [1.807, 2.05) is 0 Å². The Balaban J connectivity index is 1.49. The van der Waals surface area contributed by atoms with Gasteiger partial charge in [0, 0.05) is 17.8 Å². The molecule has 0 radical (unpaired) electrons. The van der Waals surface area contributed by atoms with Gasteiger partial charge in [-0.1, -0.05) is 0 Å². The standard InChI is InChI=1S/C17H21N3O4/c21-15(10-19-3-1-2-14(16(19)22)20(23)24)18-17-7-11-4-12(8-17)6-13(5-11)9-17/h1-3,11-13H,4-10H2,(H,18,21). The highest BCUT2D eigenvalue weighted by Gasteiger charge is 2.51. The van der Waals surface area contributed by atoms with Crippen LogP contribution in [0.5, 0.6) is 0 Å². The quantitative estimate of drug-likeness (QED) is 0.673. The van der Waals surface area contributed by atoms with Gasteiger partial charge in [0.15, 0.2) is 0 Å². The molecule has 0 atom stereocenters. The molecule has 0 aromatic carbocycles. The molecule has 1 aromatic rings. The average Bonchev–Trinajstić information content (AvgIpc) is 2.47. The number of nitrogens with zero attached hydrogens (tertiary/aromatic N) is 2. The Kier molecular flexibility index (Phi) is 3.47. The van der Waals surface area contributed by atoms with E-state index in [2.05, 4.69) is 5.32 Å². The van der Waals surface area contributed by atoms with Crippen molar-refractivity contribution >= 4 is 11.6 Å². The maximum Gasteiger partial charge on any atom is 0.334 e. The van der Waals surface area contributed by atoms with E-state index in [1.54, 1.807) is 0 Å². The fraction of sp³-hybridized carbons (Fsp3) is 0.647. The first-order chi connectivity index (χ1) is 11.4. The van der Waals surface area contributed by atoms with Crippen LogP contribution in [0.15, 0.2) is 23.1 Å². The van der Waals surface area contributed by atoms with Crippen molar-refractivity contribution in [1.29, 1.82) is 0 Å². The van der Waals surface area contributed by atoms with Crippen LogP contribution in [0.2, 0.25) is 0 Å². The minimum absolute atomic E-state index is 0.115. The van der Waals surface area contributed by atoms with Gasteiger partial charge < -0.3 is 9.88 Å². The van der Waals surface area contributed by atoms with Crippen molar-refractivity contribution < 1.29 is 9.72 Å². The van der Waals surface area contributed by atoms with E-state index in [9.17, 15) is 19.7 Å². The summed E-state index contributed by atoms with van der Waals surface area (Å²) in [4.78, 5) is 34.7. The lowest BCUT2D eigenvalue weighted by atomic mass is 9.53. The predicted molar refractivity (Wildman–Crippen MR) is 86.4 cm³/mol. The first-order valence-electron chi connectivity index (χ1n) is 8.59. The van der Waals surface area contributed by atoms with Gasteiger partial charge in [-0.25, -0.2) is 0 Å². The summed E-state index contributed by atoms with van der Waals surface area (Å²) < 4.78 is 1.12. The molecule has 1 aromatic heterocycles. The van der Waals surface area contributed by atoms with Crippen LogP contribution in [0.1, 0.15) is 38.5 Å². The van der Waals surface area contributed by atoms with Gasteiger partial charge in [-0.3, -0.25) is 19.7 Å². The first-order valence-corrected chi connectivity index (χ1v) is 8.59. The molecule has 5 rings (SSSR count). The van der Waals surface area contributed by atoms with Gasteiger partial charge in [-0.15, -0.1) is 0 Å². The van der Waals surface area contributed by atoms with Crippen LogP contribution in [0.3, 0.4) is 0 Å². The second-order valence-electron chi connectivity index (χ2n) is 7.83. The maximum atomic E-state index is 12.5. The number of pyridine rings is 1. The van der Waals surface area contributed by atoms with Crippen LogP contribution in [-0.2, 0) is 11.3 Å². The van der Waals surface area contributed by atoms with Gasteiger partial charge in [0.05, 0.1) is 4.92 Å². The summed E-state index contributed by atoms with van der Waals surface area (Å²) in [5, 5.41) is 14.0. The molecule has 4 bridgehead atoms. The minimum Gasteiger partial charge on any atom is -0.349 e. The molecule has 1 amide bonds. The first kappa shape index (κ1) is 15.4. The fourth-order valence-electron chi connectivity index (χ4n) is 5.54. The van der Waals surface area contributed by atoms with E-state index in [1.165, 1.54) is 31.5 Å². The number of rotatable bonds is 4. The normalized spacial score (nSPS) is 33.4. The second kappa shape index (κ2) is 5.43. The molecule has 4 aliphatic carbocycles. The molecular formula is C17H21N3O4. The van der Waals surface area contributed by atoms with E-state index < -0.39 is 16.2 Å². The molecular weight excluding hydrogens is 310 g/mol. The van der Waals surface area contributed by atoms with E-state index >= 15 is 0 Å². The lowest BCUT2D eigenvalue weighted by Gasteiger charge is -2.56. The number of nitrogens with one attached hydrogen (secondary N) is 1. The average molecular weight is 331 g/mol. The van der Waals surface area contributed by atoms with E-state index in [0.29, 0.717) is 0 Å². The highest BCUT2D eigenvalue weighted by molar-refractivity contribution is 5.76. The minimum atomic E-state index is -0.733. The summed E-state index contributed by atoms with van der Waals surface area (Å²) in [5.41, 5.74) is -1.35. The van der Waals surface area contributed by atoms with Crippen LogP contribution in [0.25, 0.3) is 0 Å². The number of aromatic nitrogens is 1. The molecule has 24 heavy (non-hydrogen) atoms. The number of nitro groups is 1. The van der Waals surface area contributed by atoms with E-state index in [-0.39, 0.29) is 18.0 Å². The predicted octanol–water partition coefficient (Wildman–Crippen LogP) is 1.84. The zero-order valence-electron chi connectivity index (χ0n) is 13.4. The molecule has 1 N–H and O–H groups in total. The number of hydrogen-bond donors (Lipinski definition) is 1. The smallest absolute Gasteiger partial charge is 0.334 e. The number of carbonyl (C=O) groups is 1. The molecule has 0 unspecified atom stereocenters. The Morgan fingerprint density at radius 1 is 1.25 bits per heavy atom. The van der Waals surface area contributed by atoms with Crippen LogP contribution >= 0.6 is 0 Å². The number of carbonyl (C=O) groups excluding carboxylic acids is 1. The molecule has 0 spiro atoms. The summed E-state index contributed by atoms with van der Waals surface area (Å²) in [6.07, 6.45) is 8.41. The second-order valence-corrected chi connectivity index (χ2v) is 7.83. The molecule has 4 saturated carbocycles. The summed E-state index contributed by atoms with van der Waals surface area (Å²) in [7, 11) is 0. The van der Waals surface area contributed by atoms with Crippen LogP contribution in [0.4, 0.5) is 5.69 Å². The van der Waals surface area contributed by atoms with E-state index in [4.69, 9.17) is 0 Å². The van der Waals surface area contributed by atoms with Gasteiger partial charge in [0.2, 0.25) is 5.91 Å². The zero-order valence-corrected chi connectivity index (χ0v) is 13.4. The Hall–Kier alpha value is -2.18. The SMILES string of the molecule is O=C(Cn1cccc([N+](=O)[O-])c1=O)NC12CC3CC(CC(C3)C1)C2. The highest BCUT2D eigenvalue weighted by atomic mass is 16.6. The molecule has 0 saturated heterocycles. The van der Waals surface area contributed by atoms with Crippen molar-refractivity contribution in [3.8, 4) is 0 Å². The Labute approximate surface area is 139 Å². The third kappa shape index (κ3) is 2.61. The van der Waals surface area contributed by atoms with Gasteiger partial charge in [0.1, 0.15) is 6.54 Å². The largest absolute Gasteiger partial charge is 0.349 e. The molecule has 0 aliphatic heterocycles. The Morgan fingerprint density at radius 2 is 1.83 bits per heavy atom. The summed E-state index contributed by atoms with van der Waals surface area (Å²) in [6, 6.07) is 2.59. The summed E-state index contributed by atoms with van der Waals surface area (Å²) >= 11 is 0. The van der Waals surface area contributed by atoms with Gasteiger partial charge >= 0.3 is 11.2 Å². The molecule has 4 fully saturated rings. The van der Waals surface area contributed by atoms with Crippen molar-refractivity contribution in [2.24, 2.45) is 17.8 Å². The van der Waals surface area contributed by atoms with Crippen LogP contribution in [0, 0.1) is 27.9 Å². The molecule has 128 valence electrons. The van der Waals surface area contributed by atoms with Gasteiger partial charge in [0.25, 0.3) is 0 Å². The Bertz CT molecular complexity index is 719. The summed E-state index contributed by atoms with van der Waals surface area (Å²) in [6.45, 7) is -0.164. The third-order valence-electron chi connectivity index (χ3n) is 5.95. The number of hydrogen-bond acceptors (Lipinski definition) is 4. The van der Waals surface area contributed by atoms with Crippen LogP contribution in [-0.4, -0.2) is 20.9 Å². The van der Waals surface area contributed by atoms with Gasteiger partial charge in [-0.2, -0.15) is 0 Å². The lowest BCUT2D eigenvalue weighted by molar-refractivity contribution is -0.386. The van der Waals surface area contributed by atoms with Crippen molar-refractivity contribution in [2.75, 3.05) is 0 Å². The van der Waals surface area contributed by atoms with Crippen molar-refractivity contribution in [3.05, 3.63) is 38.8 Å². The highest BCUT2D eigenvalue weighted by Crippen LogP contribution is 2.55. The zero-order chi connectivity index (χ0) is 16.9. The molecule has 7 nitrogen and oxygen atoms in total. The Morgan fingerprint density at radius 3 is 2.38 bits per heavy atom. The summed E-state index contributed by atoms with van der Waals surface area (Å²) in [5.74, 6) is 1.94.